The Morgan fingerprint density at radius 1 is 1.43 bits per heavy atom. The average molecular weight is 322 g/mol. The maximum absolute atomic E-state index is 11.5. The third-order valence-electron chi connectivity index (χ3n) is 3.16. The normalized spacial score (nSPS) is 12.1. The van der Waals surface area contributed by atoms with Gasteiger partial charge in [0.2, 0.25) is 5.91 Å². The molecule has 1 heterocycles. The number of nitrogens with two attached hydrogens (primary N) is 2. The number of hydrazine groups is 1. The van der Waals surface area contributed by atoms with Crippen molar-refractivity contribution in [3.63, 3.8) is 0 Å². The summed E-state index contributed by atoms with van der Waals surface area (Å²) >= 11 is 3.23. The van der Waals surface area contributed by atoms with E-state index in [1.165, 1.54) is 16.9 Å². The van der Waals surface area contributed by atoms with Crippen LogP contribution in [0, 0.1) is 6.92 Å². The zero-order valence-electron chi connectivity index (χ0n) is 11.9. The van der Waals surface area contributed by atoms with Crippen molar-refractivity contribution >= 4 is 34.1 Å². The molecule has 0 aliphatic rings. The largest absolute Gasteiger partial charge is 0.375 e. The third-order valence-corrected chi connectivity index (χ3v) is 5.58. The SMILES string of the molecule is Cc1nc(N)sc1SCc1ccc(C(C)C(=O)NN)cc1. The number of rotatable bonds is 5. The van der Waals surface area contributed by atoms with Gasteiger partial charge in [-0.25, -0.2) is 10.8 Å². The van der Waals surface area contributed by atoms with Crippen molar-refractivity contribution < 1.29 is 4.79 Å². The van der Waals surface area contributed by atoms with Crippen LogP contribution in [0.15, 0.2) is 28.5 Å². The third kappa shape index (κ3) is 3.96. The van der Waals surface area contributed by atoms with Crippen LogP contribution in [0.4, 0.5) is 5.13 Å². The molecule has 0 fully saturated rings. The fourth-order valence-electron chi connectivity index (χ4n) is 1.86. The molecule has 0 radical (unpaired) electrons. The molecular weight excluding hydrogens is 304 g/mol. The fourth-order valence-corrected chi connectivity index (χ4v) is 3.84. The van der Waals surface area contributed by atoms with Gasteiger partial charge < -0.3 is 5.73 Å². The molecule has 2 rings (SSSR count). The van der Waals surface area contributed by atoms with E-state index in [9.17, 15) is 4.79 Å². The van der Waals surface area contributed by atoms with E-state index in [-0.39, 0.29) is 11.8 Å². The first-order chi connectivity index (χ1) is 10.0. The first-order valence-corrected chi connectivity index (χ1v) is 8.26. The lowest BCUT2D eigenvalue weighted by molar-refractivity contribution is -0.122. The Labute approximate surface area is 132 Å². The summed E-state index contributed by atoms with van der Waals surface area (Å²) in [6, 6.07) is 7.98. The van der Waals surface area contributed by atoms with Crippen molar-refractivity contribution in [2.24, 2.45) is 5.84 Å². The lowest BCUT2D eigenvalue weighted by Crippen LogP contribution is -2.33. The molecule has 1 aromatic carbocycles. The Balaban J connectivity index is 1.99. The number of thioether (sulfide) groups is 1. The minimum Gasteiger partial charge on any atom is -0.375 e. The van der Waals surface area contributed by atoms with Gasteiger partial charge in [-0.2, -0.15) is 0 Å². The van der Waals surface area contributed by atoms with Gasteiger partial charge >= 0.3 is 0 Å². The van der Waals surface area contributed by atoms with Crippen molar-refractivity contribution in [2.45, 2.75) is 29.7 Å². The van der Waals surface area contributed by atoms with Crippen LogP contribution in [0.3, 0.4) is 0 Å². The molecule has 0 aliphatic carbocycles. The lowest BCUT2D eigenvalue weighted by atomic mass is 10.00. The van der Waals surface area contributed by atoms with Gasteiger partial charge in [0, 0.05) is 5.75 Å². The molecule has 0 aliphatic heterocycles. The number of nitrogens with one attached hydrogen (secondary N) is 1. The number of aromatic nitrogens is 1. The molecule has 0 spiro atoms. The molecule has 5 nitrogen and oxygen atoms in total. The number of nitrogen functional groups attached to an aromatic ring is 1. The highest BCUT2D eigenvalue weighted by atomic mass is 32.2. The number of carbonyl (C=O) groups is 1. The second kappa shape index (κ2) is 6.93. The molecule has 0 saturated carbocycles. The van der Waals surface area contributed by atoms with E-state index in [1.54, 1.807) is 11.8 Å². The smallest absolute Gasteiger partial charge is 0.241 e. The Bertz CT molecular complexity index is 624. The Hall–Kier alpha value is -1.57. The Kier molecular flexibility index (Phi) is 5.22. The molecule has 7 heteroatoms. The summed E-state index contributed by atoms with van der Waals surface area (Å²) in [6.07, 6.45) is 0. The summed E-state index contributed by atoms with van der Waals surface area (Å²) in [6.45, 7) is 3.79. The average Bonchev–Trinajstić information content (AvgIpc) is 2.82. The lowest BCUT2D eigenvalue weighted by Gasteiger charge is -2.10. The number of hydrogen-bond acceptors (Lipinski definition) is 6. The maximum Gasteiger partial charge on any atom is 0.241 e. The van der Waals surface area contributed by atoms with Gasteiger partial charge in [-0.15, -0.1) is 11.8 Å². The van der Waals surface area contributed by atoms with Gasteiger partial charge in [-0.05, 0) is 25.0 Å². The predicted molar refractivity (Wildman–Crippen MR) is 88.0 cm³/mol. The van der Waals surface area contributed by atoms with E-state index in [1.807, 2.05) is 38.1 Å². The summed E-state index contributed by atoms with van der Waals surface area (Å²) in [7, 11) is 0. The molecule has 1 aromatic heterocycles. The summed E-state index contributed by atoms with van der Waals surface area (Å²) in [4.78, 5) is 15.7. The number of thiazole rings is 1. The standard InChI is InChI=1S/C14H18N4OS2/c1-8(12(19)18-16)11-5-3-10(4-6-11)7-20-13-9(2)17-14(15)21-13/h3-6,8H,7,16H2,1-2H3,(H2,15,17)(H,18,19). The number of benzene rings is 1. The van der Waals surface area contributed by atoms with Crippen LogP contribution < -0.4 is 17.0 Å². The summed E-state index contributed by atoms with van der Waals surface area (Å²) < 4.78 is 1.15. The van der Waals surface area contributed by atoms with Crippen LogP contribution in [0.5, 0.6) is 0 Å². The molecular formula is C14H18N4OS2. The van der Waals surface area contributed by atoms with Crippen LogP contribution in [0.2, 0.25) is 0 Å². The minimum atomic E-state index is -0.250. The van der Waals surface area contributed by atoms with Crippen molar-refractivity contribution in [1.82, 2.24) is 10.4 Å². The quantitative estimate of drug-likeness (QED) is 0.340. The molecule has 112 valence electrons. The van der Waals surface area contributed by atoms with Gasteiger partial charge in [0.15, 0.2) is 5.13 Å². The van der Waals surface area contributed by atoms with Crippen molar-refractivity contribution in [2.75, 3.05) is 5.73 Å². The summed E-state index contributed by atoms with van der Waals surface area (Å²) in [5.74, 6) is 5.56. The second-order valence-corrected chi connectivity index (χ2v) is 6.96. The minimum absolute atomic E-state index is 0.187. The van der Waals surface area contributed by atoms with E-state index < -0.39 is 0 Å². The zero-order valence-corrected chi connectivity index (χ0v) is 13.6. The van der Waals surface area contributed by atoms with Crippen LogP contribution in [-0.4, -0.2) is 10.9 Å². The van der Waals surface area contributed by atoms with Crippen LogP contribution >= 0.6 is 23.1 Å². The first kappa shape index (κ1) is 15.8. The fraction of sp³-hybridized carbons (Fsp3) is 0.286. The van der Waals surface area contributed by atoms with Crippen molar-refractivity contribution in [3.8, 4) is 0 Å². The number of carbonyl (C=O) groups excluding carboxylic acids is 1. The van der Waals surface area contributed by atoms with E-state index in [0.29, 0.717) is 5.13 Å². The highest BCUT2D eigenvalue weighted by Gasteiger charge is 2.13. The van der Waals surface area contributed by atoms with Gasteiger partial charge in [-0.3, -0.25) is 10.2 Å². The van der Waals surface area contributed by atoms with Crippen molar-refractivity contribution in [3.05, 3.63) is 41.1 Å². The molecule has 0 bridgehead atoms. The van der Waals surface area contributed by atoms with Gasteiger partial charge in [0.05, 0.1) is 15.8 Å². The number of nitrogens with zero attached hydrogens (tertiary/aromatic N) is 1. The molecule has 5 N–H and O–H groups in total. The van der Waals surface area contributed by atoms with Gasteiger partial charge in [-0.1, -0.05) is 35.6 Å². The monoisotopic (exact) mass is 322 g/mol. The van der Waals surface area contributed by atoms with Crippen LogP contribution in [-0.2, 0) is 10.5 Å². The highest BCUT2D eigenvalue weighted by molar-refractivity contribution is 8.00. The molecule has 2 aromatic rings. The topological polar surface area (TPSA) is 94.0 Å². The highest BCUT2D eigenvalue weighted by Crippen LogP contribution is 2.32. The maximum atomic E-state index is 11.5. The van der Waals surface area contributed by atoms with E-state index in [2.05, 4.69) is 10.4 Å². The molecule has 0 saturated heterocycles. The molecule has 1 amide bonds. The number of hydrogen-bond donors (Lipinski definition) is 3. The number of aryl methyl sites for hydroxylation is 1. The van der Waals surface area contributed by atoms with E-state index >= 15 is 0 Å². The van der Waals surface area contributed by atoms with Crippen molar-refractivity contribution in [1.29, 1.82) is 0 Å². The van der Waals surface area contributed by atoms with Crippen LogP contribution in [0.25, 0.3) is 0 Å². The summed E-state index contributed by atoms with van der Waals surface area (Å²) in [5, 5.41) is 0.604. The van der Waals surface area contributed by atoms with Gasteiger partial charge in [0.1, 0.15) is 0 Å². The molecule has 1 unspecified atom stereocenters. The van der Waals surface area contributed by atoms with E-state index in [4.69, 9.17) is 11.6 Å². The first-order valence-electron chi connectivity index (χ1n) is 6.46. The molecule has 1 atom stereocenters. The van der Waals surface area contributed by atoms with Gasteiger partial charge in [0.25, 0.3) is 0 Å². The zero-order chi connectivity index (χ0) is 15.4. The number of anilines is 1. The number of amides is 1. The molecule has 21 heavy (non-hydrogen) atoms. The van der Waals surface area contributed by atoms with E-state index in [0.717, 1.165) is 21.2 Å². The summed E-state index contributed by atoms with van der Waals surface area (Å²) in [5.41, 5.74) is 11.0. The Morgan fingerprint density at radius 3 is 2.62 bits per heavy atom. The Morgan fingerprint density at radius 2 is 2.10 bits per heavy atom. The van der Waals surface area contributed by atoms with Crippen LogP contribution in [0.1, 0.15) is 29.7 Å². The predicted octanol–water partition coefficient (Wildman–Crippen LogP) is 2.42. The second-order valence-electron chi connectivity index (χ2n) is 4.69.